The highest BCUT2D eigenvalue weighted by molar-refractivity contribution is 6.22. The van der Waals surface area contributed by atoms with Gasteiger partial charge in [-0.1, -0.05) is 26.0 Å². The third kappa shape index (κ3) is 4.24. The summed E-state index contributed by atoms with van der Waals surface area (Å²) in [5, 5.41) is 2.81. The van der Waals surface area contributed by atoms with E-state index < -0.39 is 30.4 Å². The molecule has 1 fully saturated rings. The van der Waals surface area contributed by atoms with Crippen molar-refractivity contribution in [2.75, 3.05) is 6.61 Å². The van der Waals surface area contributed by atoms with Crippen LogP contribution in [0.25, 0.3) is 0 Å². The topological polar surface area (TPSA) is 92.8 Å². The third-order valence-corrected chi connectivity index (χ3v) is 5.17. The molecule has 1 N–H and O–H groups in total. The Bertz CT molecular complexity index is 765. The number of fused-ring (bicyclic) bond motifs is 1. The third-order valence-electron chi connectivity index (χ3n) is 5.17. The van der Waals surface area contributed by atoms with Gasteiger partial charge in [-0.25, -0.2) is 4.79 Å². The van der Waals surface area contributed by atoms with Crippen molar-refractivity contribution >= 4 is 23.7 Å². The van der Waals surface area contributed by atoms with E-state index in [4.69, 9.17) is 4.74 Å². The van der Waals surface area contributed by atoms with Crippen LogP contribution in [0, 0.1) is 11.8 Å². The quantitative estimate of drug-likeness (QED) is 0.546. The molecule has 28 heavy (non-hydrogen) atoms. The number of carbonyl (C=O) groups is 4. The highest BCUT2D eigenvalue weighted by Gasteiger charge is 2.43. The Kier molecular flexibility index (Phi) is 5.82. The number of hydrogen-bond donors (Lipinski definition) is 1. The first kappa shape index (κ1) is 20.0. The Labute approximate surface area is 164 Å². The van der Waals surface area contributed by atoms with Crippen LogP contribution in [0.4, 0.5) is 0 Å². The van der Waals surface area contributed by atoms with E-state index in [-0.39, 0.29) is 35.4 Å². The van der Waals surface area contributed by atoms with Gasteiger partial charge in [-0.05, 0) is 50.2 Å². The maximum absolute atomic E-state index is 12.7. The highest BCUT2D eigenvalue weighted by atomic mass is 16.5. The van der Waals surface area contributed by atoms with E-state index in [1.807, 2.05) is 20.8 Å². The number of ether oxygens (including phenoxy) is 1. The van der Waals surface area contributed by atoms with Crippen LogP contribution in [0.2, 0.25) is 0 Å². The number of rotatable bonds is 8. The number of hydrogen-bond acceptors (Lipinski definition) is 5. The van der Waals surface area contributed by atoms with Crippen LogP contribution < -0.4 is 5.32 Å². The summed E-state index contributed by atoms with van der Waals surface area (Å²) < 4.78 is 5.18. The van der Waals surface area contributed by atoms with Crippen molar-refractivity contribution in [1.29, 1.82) is 0 Å². The summed E-state index contributed by atoms with van der Waals surface area (Å²) in [4.78, 5) is 51.1. The highest BCUT2D eigenvalue weighted by Crippen LogP contribution is 2.32. The molecule has 7 nitrogen and oxygen atoms in total. The van der Waals surface area contributed by atoms with Gasteiger partial charge in [0.2, 0.25) is 0 Å². The molecule has 1 aliphatic carbocycles. The molecule has 1 aliphatic heterocycles. The van der Waals surface area contributed by atoms with Gasteiger partial charge in [-0.3, -0.25) is 19.3 Å². The van der Waals surface area contributed by atoms with Crippen LogP contribution in [0.5, 0.6) is 0 Å². The fourth-order valence-corrected chi connectivity index (χ4v) is 3.49. The van der Waals surface area contributed by atoms with Crippen molar-refractivity contribution < 1.29 is 23.9 Å². The van der Waals surface area contributed by atoms with Gasteiger partial charge in [0, 0.05) is 6.04 Å². The SMILES string of the molecule is CC(C)C[C@@H](C(=O)OCC(=O)N[C@@H](C)C1CC1)N1C(=O)c2ccccc2C1=O. The van der Waals surface area contributed by atoms with E-state index in [0.29, 0.717) is 5.92 Å². The van der Waals surface area contributed by atoms with Crippen molar-refractivity contribution in [2.45, 2.75) is 52.1 Å². The molecule has 0 radical (unpaired) electrons. The molecule has 0 bridgehead atoms. The number of nitrogens with zero attached hydrogens (tertiary/aromatic N) is 1. The van der Waals surface area contributed by atoms with Gasteiger partial charge >= 0.3 is 5.97 Å². The first-order chi connectivity index (χ1) is 13.3. The molecule has 2 atom stereocenters. The van der Waals surface area contributed by atoms with Crippen molar-refractivity contribution in [2.24, 2.45) is 11.8 Å². The minimum atomic E-state index is -1.05. The lowest BCUT2D eigenvalue weighted by Gasteiger charge is -2.26. The van der Waals surface area contributed by atoms with Gasteiger partial charge in [0.15, 0.2) is 6.61 Å². The van der Waals surface area contributed by atoms with Crippen LogP contribution in [-0.2, 0) is 14.3 Å². The zero-order valence-electron chi connectivity index (χ0n) is 16.4. The molecular formula is C21H26N2O5. The second-order valence-electron chi connectivity index (χ2n) is 7.97. The molecule has 3 rings (SSSR count). The summed E-state index contributed by atoms with van der Waals surface area (Å²) in [7, 11) is 0. The second-order valence-corrected chi connectivity index (χ2v) is 7.97. The molecule has 1 heterocycles. The summed E-state index contributed by atoms with van der Waals surface area (Å²) in [5.41, 5.74) is 0.565. The smallest absolute Gasteiger partial charge is 0.329 e. The lowest BCUT2D eigenvalue weighted by atomic mass is 10.0. The molecule has 7 heteroatoms. The summed E-state index contributed by atoms with van der Waals surface area (Å²) in [6, 6.07) is 5.48. The van der Waals surface area contributed by atoms with Crippen molar-refractivity contribution in [3.8, 4) is 0 Å². The van der Waals surface area contributed by atoms with E-state index in [1.165, 1.54) is 0 Å². The normalized spacial score (nSPS) is 18.1. The minimum Gasteiger partial charge on any atom is -0.454 e. The molecule has 3 amide bonds. The van der Waals surface area contributed by atoms with Crippen molar-refractivity contribution in [3.05, 3.63) is 35.4 Å². The van der Waals surface area contributed by atoms with Gasteiger partial charge in [-0.2, -0.15) is 0 Å². The molecule has 0 unspecified atom stereocenters. The van der Waals surface area contributed by atoms with E-state index in [1.54, 1.807) is 24.3 Å². The first-order valence-corrected chi connectivity index (χ1v) is 9.72. The van der Waals surface area contributed by atoms with Gasteiger partial charge in [0.1, 0.15) is 6.04 Å². The monoisotopic (exact) mass is 386 g/mol. The van der Waals surface area contributed by atoms with Crippen molar-refractivity contribution in [3.63, 3.8) is 0 Å². The zero-order chi connectivity index (χ0) is 20.4. The summed E-state index contributed by atoms with van der Waals surface area (Å²) >= 11 is 0. The first-order valence-electron chi connectivity index (χ1n) is 9.72. The molecule has 1 aromatic carbocycles. The van der Waals surface area contributed by atoms with Crippen LogP contribution in [0.1, 0.15) is 60.7 Å². The predicted octanol–water partition coefficient (Wildman–Crippen LogP) is 2.16. The minimum absolute atomic E-state index is 0.0468. The van der Waals surface area contributed by atoms with Crippen LogP contribution >= 0.6 is 0 Å². The van der Waals surface area contributed by atoms with E-state index >= 15 is 0 Å². The van der Waals surface area contributed by atoms with Gasteiger partial charge in [-0.15, -0.1) is 0 Å². The molecule has 1 saturated carbocycles. The molecule has 0 saturated heterocycles. The maximum Gasteiger partial charge on any atom is 0.329 e. The molecule has 0 spiro atoms. The van der Waals surface area contributed by atoms with Crippen LogP contribution in [0.3, 0.4) is 0 Å². The van der Waals surface area contributed by atoms with E-state index in [9.17, 15) is 19.2 Å². The largest absolute Gasteiger partial charge is 0.454 e. The molecule has 150 valence electrons. The Morgan fingerprint density at radius 1 is 1.11 bits per heavy atom. The van der Waals surface area contributed by atoms with Crippen LogP contribution in [-0.4, -0.2) is 47.3 Å². The fourth-order valence-electron chi connectivity index (χ4n) is 3.49. The Morgan fingerprint density at radius 3 is 2.18 bits per heavy atom. The Morgan fingerprint density at radius 2 is 1.68 bits per heavy atom. The van der Waals surface area contributed by atoms with E-state index in [0.717, 1.165) is 17.7 Å². The van der Waals surface area contributed by atoms with Crippen molar-refractivity contribution in [1.82, 2.24) is 10.2 Å². The zero-order valence-corrected chi connectivity index (χ0v) is 16.4. The van der Waals surface area contributed by atoms with Gasteiger partial charge in [0.25, 0.3) is 17.7 Å². The lowest BCUT2D eigenvalue weighted by Crippen LogP contribution is -2.47. The molecule has 1 aromatic rings. The number of carbonyl (C=O) groups excluding carboxylic acids is 4. The number of esters is 1. The lowest BCUT2D eigenvalue weighted by molar-refractivity contribution is -0.153. The number of nitrogens with one attached hydrogen (secondary N) is 1. The predicted molar refractivity (Wildman–Crippen MR) is 101 cm³/mol. The standard InChI is InChI=1S/C21H26N2O5/c1-12(2)10-17(21(27)28-11-18(24)22-13(3)14-8-9-14)23-19(25)15-6-4-5-7-16(15)20(23)26/h4-7,12-14,17H,8-11H2,1-3H3,(H,22,24)/t13-,17-/m0/s1. The Balaban J connectivity index is 1.68. The van der Waals surface area contributed by atoms with Gasteiger partial charge < -0.3 is 10.1 Å². The fraction of sp³-hybridized carbons (Fsp3) is 0.524. The Hall–Kier alpha value is -2.70. The summed E-state index contributed by atoms with van der Waals surface area (Å²) in [6.07, 6.45) is 2.46. The summed E-state index contributed by atoms with van der Waals surface area (Å²) in [6.45, 7) is 5.29. The average Bonchev–Trinajstić information content (AvgIpc) is 3.47. The number of benzene rings is 1. The maximum atomic E-state index is 12.7. The molecular weight excluding hydrogens is 360 g/mol. The van der Waals surface area contributed by atoms with Crippen LogP contribution in [0.15, 0.2) is 24.3 Å². The second kappa shape index (κ2) is 8.12. The molecule has 2 aliphatic rings. The van der Waals surface area contributed by atoms with E-state index in [2.05, 4.69) is 5.32 Å². The molecule has 0 aromatic heterocycles. The number of amides is 3. The average molecular weight is 386 g/mol. The van der Waals surface area contributed by atoms with Gasteiger partial charge in [0.05, 0.1) is 11.1 Å². The number of imide groups is 1. The summed E-state index contributed by atoms with van der Waals surface area (Å²) in [5.74, 6) is -1.59.